The van der Waals surface area contributed by atoms with Crippen LogP contribution < -0.4 is 5.32 Å². The monoisotopic (exact) mass is 179 g/mol. The van der Waals surface area contributed by atoms with Gasteiger partial charge in [-0.25, -0.2) is 0 Å². The standard InChI is InChI=1S/C10H17N3/c1-11-10(7-8-3-4-8)9-5-6-13(2)12-9/h5-6,8,10-11H,3-4,7H2,1-2H3. The number of aryl methyl sites for hydroxylation is 1. The molecule has 1 aliphatic carbocycles. The van der Waals surface area contributed by atoms with Gasteiger partial charge in [-0.15, -0.1) is 0 Å². The highest BCUT2D eigenvalue weighted by Gasteiger charge is 2.26. The maximum atomic E-state index is 4.42. The fraction of sp³-hybridized carbons (Fsp3) is 0.700. The van der Waals surface area contributed by atoms with Crippen molar-refractivity contribution in [3.8, 4) is 0 Å². The van der Waals surface area contributed by atoms with Gasteiger partial charge in [-0.05, 0) is 25.5 Å². The highest BCUT2D eigenvalue weighted by molar-refractivity contribution is 5.06. The van der Waals surface area contributed by atoms with Gasteiger partial charge in [0.25, 0.3) is 0 Å². The van der Waals surface area contributed by atoms with Gasteiger partial charge in [-0.2, -0.15) is 5.10 Å². The van der Waals surface area contributed by atoms with Gasteiger partial charge < -0.3 is 5.32 Å². The average molecular weight is 179 g/mol. The Bertz CT molecular complexity index is 275. The van der Waals surface area contributed by atoms with Crippen molar-refractivity contribution in [2.45, 2.75) is 25.3 Å². The Hall–Kier alpha value is -0.830. The minimum Gasteiger partial charge on any atom is -0.312 e. The smallest absolute Gasteiger partial charge is 0.0793 e. The zero-order valence-corrected chi connectivity index (χ0v) is 8.33. The van der Waals surface area contributed by atoms with Crippen molar-refractivity contribution in [3.63, 3.8) is 0 Å². The minimum atomic E-state index is 0.452. The summed E-state index contributed by atoms with van der Waals surface area (Å²) in [6, 6.07) is 2.55. The first-order chi connectivity index (χ1) is 6.29. The Morgan fingerprint density at radius 2 is 2.46 bits per heavy atom. The first-order valence-corrected chi connectivity index (χ1v) is 4.96. The summed E-state index contributed by atoms with van der Waals surface area (Å²) < 4.78 is 1.87. The largest absolute Gasteiger partial charge is 0.312 e. The summed E-state index contributed by atoms with van der Waals surface area (Å²) in [5.41, 5.74) is 1.18. The molecule has 0 aliphatic heterocycles. The van der Waals surface area contributed by atoms with E-state index in [0.29, 0.717) is 6.04 Å². The first kappa shape index (κ1) is 8.75. The van der Waals surface area contributed by atoms with E-state index in [-0.39, 0.29) is 0 Å². The highest BCUT2D eigenvalue weighted by atomic mass is 15.3. The number of hydrogen-bond acceptors (Lipinski definition) is 2. The minimum absolute atomic E-state index is 0.452. The molecule has 1 saturated carbocycles. The zero-order chi connectivity index (χ0) is 9.26. The molecule has 1 aromatic heterocycles. The summed E-state index contributed by atoms with van der Waals surface area (Å²) in [5, 5.41) is 7.74. The summed E-state index contributed by atoms with van der Waals surface area (Å²) in [7, 11) is 3.98. The van der Waals surface area contributed by atoms with Crippen LogP contribution in [0.5, 0.6) is 0 Å². The van der Waals surface area contributed by atoms with Crippen molar-refractivity contribution in [3.05, 3.63) is 18.0 Å². The third-order valence-corrected chi connectivity index (χ3v) is 2.71. The van der Waals surface area contributed by atoms with Crippen LogP contribution in [0.3, 0.4) is 0 Å². The third kappa shape index (κ3) is 2.10. The lowest BCUT2D eigenvalue weighted by atomic mass is 10.1. The molecule has 72 valence electrons. The molecule has 1 fully saturated rings. The maximum absolute atomic E-state index is 4.42. The Morgan fingerprint density at radius 3 is 2.92 bits per heavy atom. The number of nitrogens with zero attached hydrogens (tertiary/aromatic N) is 2. The average Bonchev–Trinajstić information content (AvgIpc) is 2.84. The molecule has 1 aliphatic rings. The van der Waals surface area contributed by atoms with Crippen LogP contribution in [0.15, 0.2) is 12.3 Å². The topological polar surface area (TPSA) is 29.9 Å². The molecule has 0 spiro atoms. The molecule has 1 N–H and O–H groups in total. The van der Waals surface area contributed by atoms with Crippen molar-refractivity contribution < 1.29 is 0 Å². The van der Waals surface area contributed by atoms with Crippen LogP contribution in [0.2, 0.25) is 0 Å². The SMILES string of the molecule is CNC(CC1CC1)c1ccn(C)n1. The molecule has 13 heavy (non-hydrogen) atoms. The maximum Gasteiger partial charge on any atom is 0.0793 e. The van der Waals surface area contributed by atoms with Crippen molar-refractivity contribution in [1.29, 1.82) is 0 Å². The molecule has 2 rings (SSSR count). The van der Waals surface area contributed by atoms with Crippen LogP contribution in [0.4, 0.5) is 0 Å². The summed E-state index contributed by atoms with van der Waals surface area (Å²) >= 11 is 0. The van der Waals surface area contributed by atoms with Gasteiger partial charge in [0.15, 0.2) is 0 Å². The fourth-order valence-electron chi connectivity index (χ4n) is 1.69. The second-order valence-corrected chi connectivity index (χ2v) is 3.93. The second-order valence-electron chi connectivity index (χ2n) is 3.93. The molecule has 1 unspecified atom stereocenters. The molecule has 0 aromatic carbocycles. The molecule has 0 saturated heterocycles. The predicted molar refractivity (Wildman–Crippen MR) is 52.3 cm³/mol. The normalized spacial score (nSPS) is 18.9. The van der Waals surface area contributed by atoms with Crippen LogP contribution in [0.25, 0.3) is 0 Å². The molecular formula is C10H17N3. The summed E-state index contributed by atoms with van der Waals surface area (Å²) in [6.07, 6.45) is 6.07. The summed E-state index contributed by atoms with van der Waals surface area (Å²) in [5.74, 6) is 0.944. The van der Waals surface area contributed by atoms with E-state index in [2.05, 4.69) is 16.5 Å². The third-order valence-electron chi connectivity index (χ3n) is 2.71. The van der Waals surface area contributed by atoms with Crippen LogP contribution in [-0.4, -0.2) is 16.8 Å². The van der Waals surface area contributed by atoms with Gasteiger partial charge in [0.2, 0.25) is 0 Å². The Morgan fingerprint density at radius 1 is 1.69 bits per heavy atom. The molecule has 1 aromatic rings. The number of hydrogen-bond donors (Lipinski definition) is 1. The van der Waals surface area contributed by atoms with Gasteiger partial charge in [-0.1, -0.05) is 12.8 Å². The van der Waals surface area contributed by atoms with Crippen molar-refractivity contribution in [2.24, 2.45) is 13.0 Å². The quantitative estimate of drug-likeness (QED) is 0.758. The second kappa shape index (κ2) is 3.50. The fourth-order valence-corrected chi connectivity index (χ4v) is 1.69. The van der Waals surface area contributed by atoms with Crippen LogP contribution in [-0.2, 0) is 7.05 Å². The lowest BCUT2D eigenvalue weighted by Gasteiger charge is -2.12. The molecule has 0 amide bonds. The summed E-state index contributed by atoms with van der Waals surface area (Å²) in [6.45, 7) is 0. The van der Waals surface area contributed by atoms with E-state index in [1.165, 1.54) is 25.0 Å². The molecular weight excluding hydrogens is 162 g/mol. The van der Waals surface area contributed by atoms with E-state index in [1.54, 1.807) is 0 Å². The van der Waals surface area contributed by atoms with E-state index in [4.69, 9.17) is 0 Å². The van der Waals surface area contributed by atoms with E-state index < -0.39 is 0 Å². The van der Waals surface area contributed by atoms with Crippen molar-refractivity contribution >= 4 is 0 Å². The van der Waals surface area contributed by atoms with Crippen LogP contribution in [0, 0.1) is 5.92 Å². The molecule has 3 heteroatoms. The summed E-state index contributed by atoms with van der Waals surface area (Å²) in [4.78, 5) is 0. The van der Waals surface area contributed by atoms with E-state index in [0.717, 1.165) is 5.92 Å². The van der Waals surface area contributed by atoms with E-state index in [1.807, 2.05) is 25.0 Å². The van der Waals surface area contributed by atoms with Gasteiger partial charge >= 0.3 is 0 Å². The Kier molecular flexibility index (Phi) is 2.36. The van der Waals surface area contributed by atoms with Gasteiger partial charge in [0.05, 0.1) is 11.7 Å². The Balaban J connectivity index is 2.01. The zero-order valence-electron chi connectivity index (χ0n) is 8.33. The van der Waals surface area contributed by atoms with E-state index >= 15 is 0 Å². The molecule has 0 bridgehead atoms. The van der Waals surface area contributed by atoms with Gasteiger partial charge in [0, 0.05) is 13.2 Å². The molecule has 1 atom stereocenters. The van der Waals surface area contributed by atoms with Crippen molar-refractivity contribution in [1.82, 2.24) is 15.1 Å². The van der Waals surface area contributed by atoms with E-state index in [9.17, 15) is 0 Å². The number of rotatable bonds is 4. The van der Waals surface area contributed by atoms with Gasteiger partial charge in [-0.3, -0.25) is 4.68 Å². The molecule has 3 nitrogen and oxygen atoms in total. The highest BCUT2D eigenvalue weighted by Crippen LogP contribution is 2.36. The van der Waals surface area contributed by atoms with Crippen LogP contribution in [0.1, 0.15) is 31.0 Å². The van der Waals surface area contributed by atoms with Crippen LogP contribution >= 0.6 is 0 Å². The Labute approximate surface area is 79.1 Å². The van der Waals surface area contributed by atoms with Crippen molar-refractivity contribution in [2.75, 3.05) is 7.05 Å². The predicted octanol–water partition coefficient (Wildman–Crippen LogP) is 1.48. The first-order valence-electron chi connectivity index (χ1n) is 4.96. The lowest BCUT2D eigenvalue weighted by molar-refractivity contribution is 0.496. The number of aromatic nitrogens is 2. The lowest BCUT2D eigenvalue weighted by Crippen LogP contribution is -2.17. The molecule has 0 radical (unpaired) electrons. The van der Waals surface area contributed by atoms with Gasteiger partial charge in [0.1, 0.15) is 0 Å². The molecule has 1 heterocycles. The number of nitrogens with one attached hydrogen (secondary N) is 1.